The summed E-state index contributed by atoms with van der Waals surface area (Å²) in [6.45, 7) is 0. The van der Waals surface area contributed by atoms with Crippen LogP contribution in [0.3, 0.4) is 0 Å². The molecule has 0 aliphatic carbocycles. The molecule has 7 nitrogen and oxygen atoms in total. The molecule has 2 aromatic heterocycles. The number of aromatic nitrogens is 2. The number of nitrogens with zero attached hydrogens (tertiary/aromatic N) is 2. The first-order chi connectivity index (χ1) is 13.7. The van der Waals surface area contributed by atoms with Gasteiger partial charge in [0, 0.05) is 30.2 Å². The topological polar surface area (TPSA) is 107 Å². The van der Waals surface area contributed by atoms with E-state index in [0.29, 0.717) is 22.9 Å². The lowest BCUT2D eigenvalue weighted by molar-refractivity contribution is 0.454. The van der Waals surface area contributed by atoms with Gasteiger partial charge in [0.25, 0.3) is 0 Å². The van der Waals surface area contributed by atoms with Crippen molar-refractivity contribution in [2.75, 3.05) is 17.6 Å². The average Bonchev–Trinajstić information content (AvgIpc) is 3.04. The van der Waals surface area contributed by atoms with E-state index in [1.807, 2.05) is 0 Å². The van der Waals surface area contributed by atoms with Gasteiger partial charge in [-0.25, -0.2) is 17.8 Å². The normalized spacial score (nSPS) is 12.0. The molecule has 0 saturated carbocycles. The van der Waals surface area contributed by atoms with Crippen molar-refractivity contribution in [1.29, 1.82) is 0 Å². The first kappa shape index (κ1) is 19.0. The molecule has 0 radical (unpaired) electrons. The molecule has 29 heavy (non-hydrogen) atoms. The molecular formula is C20H18FN3O4S. The molecule has 9 heteroatoms. The number of H-pyrrole nitrogens is 1. The second-order valence-corrected chi connectivity index (χ2v) is 8.91. The highest BCUT2D eigenvalue weighted by atomic mass is 32.2. The van der Waals surface area contributed by atoms with E-state index >= 15 is 0 Å². The summed E-state index contributed by atoms with van der Waals surface area (Å²) in [5, 5.41) is 21.5. The molecule has 0 aliphatic rings. The van der Waals surface area contributed by atoms with E-state index in [9.17, 15) is 23.0 Å². The molecule has 0 atom stereocenters. The van der Waals surface area contributed by atoms with Crippen LogP contribution in [0.2, 0.25) is 0 Å². The van der Waals surface area contributed by atoms with E-state index in [-0.39, 0.29) is 28.3 Å². The fraction of sp³-hybridized carbons (Fsp3) is 0.150. The molecule has 2 heterocycles. The highest BCUT2D eigenvalue weighted by molar-refractivity contribution is 7.92. The third-order valence-corrected chi connectivity index (χ3v) is 6.11. The van der Waals surface area contributed by atoms with Gasteiger partial charge in [0.15, 0.2) is 5.75 Å². The Morgan fingerprint density at radius 1 is 1.14 bits per heavy atom. The number of hydrogen-bond donors (Lipinski definition) is 3. The highest BCUT2D eigenvalue weighted by Crippen LogP contribution is 2.45. The average molecular weight is 415 g/mol. The van der Waals surface area contributed by atoms with Gasteiger partial charge in [0.2, 0.25) is 15.9 Å². The number of nitrogens with one attached hydrogen (secondary N) is 1. The summed E-state index contributed by atoms with van der Waals surface area (Å²) in [7, 11) is -2.23. The molecule has 0 bridgehead atoms. The van der Waals surface area contributed by atoms with Gasteiger partial charge >= 0.3 is 0 Å². The monoisotopic (exact) mass is 415 g/mol. The van der Waals surface area contributed by atoms with E-state index in [1.165, 1.54) is 25.4 Å². The second kappa shape index (κ2) is 6.63. The van der Waals surface area contributed by atoms with Crippen molar-refractivity contribution in [3.63, 3.8) is 0 Å². The Hall–Kier alpha value is -3.33. The van der Waals surface area contributed by atoms with Crippen LogP contribution in [-0.4, -0.2) is 41.9 Å². The molecule has 0 spiro atoms. The van der Waals surface area contributed by atoms with Gasteiger partial charge in [0.05, 0.1) is 22.8 Å². The van der Waals surface area contributed by atoms with Gasteiger partial charge in [0.1, 0.15) is 5.82 Å². The Morgan fingerprint density at radius 2 is 1.83 bits per heavy atom. The Morgan fingerprint density at radius 3 is 2.48 bits per heavy atom. The Balaban J connectivity index is 1.99. The number of anilines is 1. The fourth-order valence-electron chi connectivity index (χ4n) is 3.43. The summed E-state index contributed by atoms with van der Waals surface area (Å²) in [5.41, 5.74) is 2.24. The van der Waals surface area contributed by atoms with Crippen LogP contribution in [0.5, 0.6) is 11.6 Å². The van der Waals surface area contributed by atoms with E-state index < -0.39 is 10.0 Å². The van der Waals surface area contributed by atoms with Crippen molar-refractivity contribution in [1.82, 2.24) is 9.97 Å². The summed E-state index contributed by atoms with van der Waals surface area (Å²) in [6, 6.07) is 7.84. The van der Waals surface area contributed by atoms with Crippen LogP contribution in [0.4, 0.5) is 10.1 Å². The van der Waals surface area contributed by atoms with E-state index in [1.54, 1.807) is 24.4 Å². The summed E-state index contributed by atoms with van der Waals surface area (Å²) >= 11 is 0. The maximum Gasteiger partial charge on any atom is 0.232 e. The molecule has 2 aromatic carbocycles. The predicted molar refractivity (Wildman–Crippen MR) is 109 cm³/mol. The summed E-state index contributed by atoms with van der Waals surface area (Å²) in [6.07, 6.45) is 4.54. The molecule has 0 amide bonds. The van der Waals surface area contributed by atoms with Crippen molar-refractivity contribution in [2.45, 2.75) is 6.42 Å². The van der Waals surface area contributed by atoms with Gasteiger partial charge in [-0.1, -0.05) is 12.1 Å². The number of halogens is 1. The third kappa shape index (κ3) is 3.23. The minimum Gasteiger partial charge on any atom is -0.505 e. The Bertz CT molecular complexity index is 1350. The van der Waals surface area contributed by atoms with E-state index in [2.05, 4.69) is 9.97 Å². The lowest BCUT2D eigenvalue weighted by Crippen LogP contribution is -2.25. The van der Waals surface area contributed by atoms with Gasteiger partial charge < -0.3 is 15.2 Å². The minimum atomic E-state index is -3.63. The molecule has 0 aliphatic heterocycles. The minimum absolute atomic E-state index is 0.0746. The zero-order valence-electron chi connectivity index (χ0n) is 15.6. The number of hydrogen-bond acceptors (Lipinski definition) is 5. The van der Waals surface area contributed by atoms with Gasteiger partial charge in [-0.2, -0.15) is 0 Å². The number of phenols is 1. The number of rotatable bonds is 4. The van der Waals surface area contributed by atoms with Crippen LogP contribution in [0, 0.1) is 5.82 Å². The van der Waals surface area contributed by atoms with Crippen LogP contribution in [0.25, 0.3) is 21.7 Å². The van der Waals surface area contributed by atoms with Gasteiger partial charge in [-0.3, -0.25) is 4.31 Å². The number of aromatic amines is 1. The van der Waals surface area contributed by atoms with Crippen LogP contribution < -0.4 is 4.31 Å². The van der Waals surface area contributed by atoms with Gasteiger partial charge in [-0.15, -0.1) is 0 Å². The summed E-state index contributed by atoms with van der Waals surface area (Å²) < 4.78 is 38.8. The SMILES string of the molecule is CN(c1c2cc(Cc3ccc(F)cc3)c[nH]c2c(O)c2c(O)ncc12)S(C)(=O)=O. The summed E-state index contributed by atoms with van der Waals surface area (Å²) in [5.74, 6) is -0.929. The largest absolute Gasteiger partial charge is 0.505 e. The van der Waals surface area contributed by atoms with Crippen LogP contribution in [0.15, 0.2) is 42.7 Å². The number of benzene rings is 2. The van der Waals surface area contributed by atoms with Crippen LogP contribution in [0.1, 0.15) is 11.1 Å². The first-order valence-corrected chi connectivity index (χ1v) is 10.5. The van der Waals surface area contributed by atoms with Crippen molar-refractivity contribution < 1.29 is 23.0 Å². The summed E-state index contributed by atoms with van der Waals surface area (Å²) in [4.78, 5) is 6.82. The molecule has 0 saturated heterocycles. The van der Waals surface area contributed by atoms with Crippen LogP contribution in [-0.2, 0) is 16.4 Å². The smallest absolute Gasteiger partial charge is 0.232 e. The zero-order chi connectivity index (χ0) is 20.9. The molecular weight excluding hydrogens is 397 g/mol. The zero-order valence-corrected chi connectivity index (χ0v) is 16.5. The third-order valence-electron chi connectivity index (χ3n) is 4.93. The molecule has 150 valence electrons. The molecule has 4 aromatic rings. The van der Waals surface area contributed by atoms with E-state index in [4.69, 9.17) is 0 Å². The maximum atomic E-state index is 13.2. The lowest BCUT2D eigenvalue weighted by Gasteiger charge is -2.21. The van der Waals surface area contributed by atoms with Crippen molar-refractivity contribution in [3.05, 3.63) is 59.7 Å². The van der Waals surface area contributed by atoms with Crippen molar-refractivity contribution >= 4 is 37.4 Å². The number of pyridine rings is 1. The maximum absolute atomic E-state index is 13.2. The molecule has 4 rings (SSSR count). The van der Waals surface area contributed by atoms with Crippen molar-refractivity contribution in [2.24, 2.45) is 0 Å². The Labute approximate surface area is 166 Å². The predicted octanol–water partition coefficient (Wildman–Crippen LogP) is 3.25. The highest BCUT2D eigenvalue weighted by Gasteiger charge is 2.24. The van der Waals surface area contributed by atoms with E-state index in [0.717, 1.165) is 21.7 Å². The second-order valence-electron chi connectivity index (χ2n) is 6.90. The number of aromatic hydroxyl groups is 2. The van der Waals surface area contributed by atoms with Crippen LogP contribution >= 0.6 is 0 Å². The fourth-order valence-corrected chi connectivity index (χ4v) is 3.96. The van der Waals surface area contributed by atoms with Crippen molar-refractivity contribution in [3.8, 4) is 11.6 Å². The Kier molecular flexibility index (Phi) is 4.34. The number of sulfonamides is 1. The quantitative estimate of drug-likeness (QED) is 0.474. The lowest BCUT2D eigenvalue weighted by atomic mass is 10.0. The molecule has 3 N–H and O–H groups in total. The van der Waals surface area contributed by atoms with Gasteiger partial charge in [-0.05, 0) is 35.7 Å². The molecule has 0 unspecified atom stereocenters. The number of fused-ring (bicyclic) bond motifs is 2. The molecule has 0 fully saturated rings. The first-order valence-electron chi connectivity index (χ1n) is 8.68. The number of phenolic OH excluding ortho intramolecular Hbond substituents is 1. The standard InChI is InChI=1S/C20H18FN3O4S/c1-24(29(2,27)28)18-14-8-12(7-11-3-5-13(21)6-4-11)9-22-17(14)19(25)16-15(18)10-23-20(16)26/h3-6,8-10,22,25-26H,7H2,1-2H3.